The fourth-order valence-electron chi connectivity index (χ4n) is 4.21. The van der Waals surface area contributed by atoms with Gasteiger partial charge in [0.25, 0.3) is 0 Å². The topological polar surface area (TPSA) is 40.5 Å². The molecule has 1 fully saturated rings. The zero-order valence-corrected chi connectivity index (χ0v) is 16.2. The molecule has 0 aliphatic carbocycles. The molecule has 2 atom stereocenters. The Labute approximate surface area is 170 Å². The molecule has 4 heteroatoms. The minimum atomic E-state index is -0.776. The fraction of sp³-hybridized carbons (Fsp3) is 0.240. The summed E-state index contributed by atoms with van der Waals surface area (Å²) in [6.07, 6.45) is 1.47. The van der Waals surface area contributed by atoms with Gasteiger partial charge in [0, 0.05) is 12.1 Å². The molecule has 1 heterocycles. The molecule has 4 rings (SSSR count). The summed E-state index contributed by atoms with van der Waals surface area (Å²) in [6.45, 7) is 1.18. The Morgan fingerprint density at radius 2 is 1.59 bits per heavy atom. The number of nitrogens with zero attached hydrogens (tertiary/aromatic N) is 1. The lowest BCUT2D eigenvalue weighted by Gasteiger charge is -2.37. The van der Waals surface area contributed by atoms with Crippen molar-refractivity contribution in [3.8, 4) is 11.1 Å². The molecule has 29 heavy (non-hydrogen) atoms. The van der Waals surface area contributed by atoms with E-state index in [2.05, 4.69) is 29.2 Å². The second kappa shape index (κ2) is 8.58. The first kappa shape index (κ1) is 19.3. The van der Waals surface area contributed by atoms with E-state index in [0.717, 1.165) is 29.7 Å². The maximum Gasteiger partial charge on any atom is 0.307 e. The largest absolute Gasteiger partial charge is 0.481 e. The van der Waals surface area contributed by atoms with Gasteiger partial charge in [-0.2, -0.15) is 0 Å². The zero-order valence-electron chi connectivity index (χ0n) is 16.2. The van der Waals surface area contributed by atoms with E-state index in [4.69, 9.17) is 0 Å². The van der Waals surface area contributed by atoms with Crippen molar-refractivity contribution in [2.75, 3.05) is 13.1 Å². The zero-order chi connectivity index (χ0) is 20.2. The van der Waals surface area contributed by atoms with Gasteiger partial charge in [0.15, 0.2) is 0 Å². The number of carbonyl (C=O) groups is 1. The van der Waals surface area contributed by atoms with Crippen LogP contribution in [0.5, 0.6) is 0 Å². The highest BCUT2D eigenvalue weighted by Gasteiger charge is 2.32. The van der Waals surface area contributed by atoms with Crippen LogP contribution >= 0.6 is 0 Å². The first-order valence-electron chi connectivity index (χ1n) is 10.00. The van der Waals surface area contributed by atoms with Crippen molar-refractivity contribution in [3.63, 3.8) is 0 Å². The van der Waals surface area contributed by atoms with Crippen LogP contribution < -0.4 is 0 Å². The second-order valence-electron chi connectivity index (χ2n) is 7.58. The number of halogens is 1. The molecular formula is C25H24FNO2. The molecule has 0 bridgehead atoms. The Morgan fingerprint density at radius 3 is 2.28 bits per heavy atom. The van der Waals surface area contributed by atoms with Crippen molar-refractivity contribution in [2.45, 2.75) is 18.9 Å². The van der Waals surface area contributed by atoms with Gasteiger partial charge in [-0.25, -0.2) is 4.39 Å². The SMILES string of the molecule is O=C(O)C1CCCN(C(c2ccc(-c3ccccc3)cc2)c2ccccc2F)C1. The van der Waals surface area contributed by atoms with Crippen LogP contribution in [0.25, 0.3) is 11.1 Å². The van der Waals surface area contributed by atoms with Crippen molar-refractivity contribution in [1.29, 1.82) is 0 Å². The molecule has 1 aliphatic heterocycles. The van der Waals surface area contributed by atoms with Crippen LogP contribution in [0.1, 0.15) is 30.0 Å². The number of likely N-dealkylation sites (tertiary alicyclic amines) is 1. The highest BCUT2D eigenvalue weighted by atomic mass is 19.1. The summed E-state index contributed by atoms with van der Waals surface area (Å²) in [5.74, 6) is -1.45. The predicted molar refractivity (Wildman–Crippen MR) is 112 cm³/mol. The minimum absolute atomic E-state index is 0.262. The summed E-state index contributed by atoms with van der Waals surface area (Å²) in [5.41, 5.74) is 3.79. The molecule has 0 aromatic heterocycles. The van der Waals surface area contributed by atoms with Gasteiger partial charge in [0.2, 0.25) is 0 Å². The number of carboxylic acid groups (broad SMARTS) is 1. The molecule has 1 N–H and O–H groups in total. The minimum Gasteiger partial charge on any atom is -0.481 e. The average Bonchev–Trinajstić information content (AvgIpc) is 2.77. The van der Waals surface area contributed by atoms with Crippen LogP contribution in [0.3, 0.4) is 0 Å². The normalized spacial score (nSPS) is 18.3. The maximum absolute atomic E-state index is 14.7. The molecule has 3 aromatic rings. The molecule has 1 aliphatic rings. The number of hydrogen-bond donors (Lipinski definition) is 1. The van der Waals surface area contributed by atoms with Crippen LogP contribution in [0.15, 0.2) is 78.9 Å². The van der Waals surface area contributed by atoms with Crippen LogP contribution in [0, 0.1) is 11.7 Å². The van der Waals surface area contributed by atoms with E-state index in [-0.39, 0.29) is 11.9 Å². The van der Waals surface area contributed by atoms with Crippen LogP contribution in [0.4, 0.5) is 4.39 Å². The Bertz CT molecular complexity index is 972. The van der Waals surface area contributed by atoms with E-state index in [1.54, 1.807) is 12.1 Å². The third-order valence-corrected chi connectivity index (χ3v) is 5.70. The lowest BCUT2D eigenvalue weighted by Crippen LogP contribution is -2.41. The Balaban J connectivity index is 1.71. The van der Waals surface area contributed by atoms with Gasteiger partial charge in [0.1, 0.15) is 5.82 Å². The third-order valence-electron chi connectivity index (χ3n) is 5.70. The molecule has 0 spiro atoms. The standard InChI is InChI=1S/C25H24FNO2/c26-23-11-5-4-10-22(23)24(27-16-6-9-21(17-27)25(28)29)20-14-12-19(13-15-20)18-7-2-1-3-8-18/h1-5,7-8,10-15,21,24H,6,9,16-17H2,(H,28,29). The van der Waals surface area contributed by atoms with E-state index in [1.165, 1.54) is 6.07 Å². The number of piperidine rings is 1. The van der Waals surface area contributed by atoms with Crippen LogP contribution in [0.2, 0.25) is 0 Å². The smallest absolute Gasteiger partial charge is 0.307 e. The highest BCUT2D eigenvalue weighted by Crippen LogP contribution is 2.35. The van der Waals surface area contributed by atoms with Gasteiger partial charge in [-0.05, 0) is 42.1 Å². The van der Waals surface area contributed by atoms with Gasteiger partial charge in [-0.1, -0.05) is 72.8 Å². The lowest BCUT2D eigenvalue weighted by molar-refractivity contribution is -0.143. The Kier molecular flexibility index (Phi) is 5.72. The molecule has 3 nitrogen and oxygen atoms in total. The summed E-state index contributed by atoms with van der Waals surface area (Å²) >= 11 is 0. The van der Waals surface area contributed by atoms with Crippen LogP contribution in [-0.4, -0.2) is 29.1 Å². The van der Waals surface area contributed by atoms with Crippen molar-refractivity contribution in [1.82, 2.24) is 4.90 Å². The fourth-order valence-corrected chi connectivity index (χ4v) is 4.21. The summed E-state index contributed by atoms with van der Waals surface area (Å²) in [5, 5.41) is 9.50. The average molecular weight is 389 g/mol. The second-order valence-corrected chi connectivity index (χ2v) is 7.58. The molecule has 0 amide bonds. The Hall–Kier alpha value is -2.98. The highest BCUT2D eigenvalue weighted by molar-refractivity contribution is 5.70. The number of carboxylic acids is 1. The quantitative estimate of drug-likeness (QED) is 0.637. The summed E-state index contributed by atoms with van der Waals surface area (Å²) in [4.78, 5) is 13.7. The van der Waals surface area contributed by atoms with E-state index < -0.39 is 11.9 Å². The van der Waals surface area contributed by atoms with E-state index >= 15 is 0 Å². The van der Waals surface area contributed by atoms with Crippen LogP contribution in [-0.2, 0) is 4.79 Å². The van der Waals surface area contributed by atoms with Crippen molar-refractivity contribution in [2.24, 2.45) is 5.92 Å². The first-order valence-corrected chi connectivity index (χ1v) is 10.00. The first-order chi connectivity index (χ1) is 14.1. The summed E-state index contributed by atoms with van der Waals surface area (Å²) in [6, 6.07) is 24.8. The number of rotatable bonds is 5. The van der Waals surface area contributed by atoms with Crippen molar-refractivity contribution < 1.29 is 14.3 Å². The monoisotopic (exact) mass is 389 g/mol. The number of hydrogen-bond acceptors (Lipinski definition) is 2. The van der Waals surface area contributed by atoms with Gasteiger partial charge in [0.05, 0.1) is 12.0 Å². The van der Waals surface area contributed by atoms with Gasteiger partial charge in [-0.3, -0.25) is 9.69 Å². The van der Waals surface area contributed by atoms with Gasteiger partial charge >= 0.3 is 5.97 Å². The van der Waals surface area contributed by atoms with Crippen molar-refractivity contribution >= 4 is 5.97 Å². The summed E-state index contributed by atoms with van der Waals surface area (Å²) < 4.78 is 14.7. The molecule has 0 radical (unpaired) electrons. The van der Waals surface area contributed by atoms with Crippen molar-refractivity contribution in [3.05, 3.63) is 95.8 Å². The number of aliphatic carboxylic acids is 1. The van der Waals surface area contributed by atoms with Gasteiger partial charge < -0.3 is 5.11 Å². The molecular weight excluding hydrogens is 365 g/mol. The molecule has 1 saturated heterocycles. The predicted octanol–water partition coefficient (Wildman–Crippen LogP) is 5.38. The molecule has 2 unspecified atom stereocenters. The van der Waals surface area contributed by atoms with E-state index in [0.29, 0.717) is 18.5 Å². The number of benzene rings is 3. The van der Waals surface area contributed by atoms with E-state index in [9.17, 15) is 14.3 Å². The lowest BCUT2D eigenvalue weighted by atomic mass is 9.90. The van der Waals surface area contributed by atoms with Gasteiger partial charge in [-0.15, -0.1) is 0 Å². The molecule has 0 saturated carbocycles. The maximum atomic E-state index is 14.7. The molecule has 3 aromatic carbocycles. The molecule has 148 valence electrons. The summed E-state index contributed by atoms with van der Waals surface area (Å²) in [7, 11) is 0. The van der Waals surface area contributed by atoms with E-state index in [1.807, 2.05) is 36.4 Å². The third kappa shape index (κ3) is 4.22. The Morgan fingerprint density at radius 1 is 0.931 bits per heavy atom.